The van der Waals surface area contributed by atoms with E-state index in [-0.39, 0.29) is 23.3 Å². The standard InChI is InChI=1S/C16H26N2O2/c1-17-12-4-6-13(7-5-12)18-14(19)10-16(11-15(18)20)8-2-3-9-16/h12-13,17H,2-11H2,1H3. The van der Waals surface area contributed by atoms with Crippen LogP contribution in [0.15, 0.2) is 0 Å². The Morgan fingerprint density at radius 1 is 1.00 bits per heavy atom. The molecule has 2 saturated carbocycles. The van der Waals surface area contributed by atoms with Gasteiger partial charge in [0.05, 0.1) is 0 Å². The molecule has 20 heavy (non-hydrogen) atoms. The van der Waals surface area contributed by atoms with Crippen molar-refractivity contribution in [2.45, 2.75) is 76.3 Å². The van der Waals surface area contributed by atoms with Gasteiger partial charge >= 0.3 is 0 Å². The highest BCUT2D eigenvalue weighted by molar-refractivity contribution is 5.99. The van der Waals surface area contributed by atoms with Crippen molar-refractivity contribution in [2.24, 2.45) is 5.41 Å². The zero-order valence-electron chi connectivity index (χ0n) is 12.5. The van der Waals surface area contributed by atoms with Crippen LogP contribution in [0.25, 0.3) is 0 Å². The van der Waals surface area contributed by atoms with E-state index in [2.05, 4.69) is 5.32 Å². The molecule has 3 fully saturated rings. The van der Waals surface area contributed by atoms with Crippen molar-refractivity contribution in [1.82, 2.24) is 10.2 Å². The highest BCUT2D eigenvalue weighted by Gasteiger charge is 2.47. The Kier molecular flexibility index (Phi) is 3.85. The van der Waals surface area contributed by atoms with E-state index in [1.165, 1.54) is 12.8 Å². The fraction of sp³-hybridized carbons (Fsp3) is 0.875. The highest BCUT2D eigenvalue weighted by atomic mass is 16.2. The molecule has 0 aromatic heterocycles. The third kappa shape index (κ3) is 2.50. The summed E-state index contributed by atoms with van der Waals surface area (Å²) in [6.07, 6.45) is 9.84. The number of amides is 2. The molecular weight excluding hydrogens is 252 g/mol. The van der Waals surface area contributed by atoms with Crippen molar-refractivity contribution in [3.63, 3.8) is 0 Å². The first-order valence-corrected chi connectivity index (χ1v) is 8.16. The van der Waals surface area contributed by atoms with Gasteiger partial charge < -0.3 is 5.32 Å². The largest absolute Gasteiger partial charge is 0.317 e. The maximum absolute atomic E-state index is 12.5. The third-order valence-electron chi connectivity index (χ3n) is 5.72. The number of imide groups is 1. The number of rotatable bonds is 2. The number of piperidine rings is 1. The summed E-state index contributed by atoms with van der Waals surface area (Å²) in [5.74, 6) is 0.215. The first-order chi connectivity index (χ1) is 9.63. The molecule has 1 aliphatic heterocycles. The fourth-order valence-corrected chi connectivity index (χ4v) is 4.52. The van der Waals surface area contributed by atoms with Crippen molar-refractivity contribution in [2.75, 3.05) is 7.05 Å². The third-order valence-corrected chi connectivity index (χ3v) is 5.72. The molecular formula is C16H26N2O2. The van der Waals surface area contributed by atoms with Crippen LogP contribution in [0.1, 0.15) is 64.2 Å². The zero-order valence-corrected chi connectivity index (χ0v) is 12.5. The lowest BCUT2D eigenvalue weighted by Gasteiger charge is -2.42. The van der Waals surface area contributed by atoms with Gasteiger partial charge in [0.15, 0.2) is 0 Å². The second-order valence-electron chi connectivity index (χ2n) is 7.01. The van der Waals surface area contributed by atoms with E-state index in [0.29, 0.717) is 18.9 Å². The molecule has 3 aliphatic rings. The maximum atomic E-state index is 12.5. The molecule has 1 saturated heterocycles. The number of likely N-dealkylation sites (tertiary alicyclic amines) is 1. The van der Waals surface area contributed by atoms with Crippen molar-refractivity contribution in [3.8, 4) is 0 Å². The van der Waals surface area contributed by atoms with Crippen LogP contribution in [0.2, 0.25) is 0 Å². The molecule has 0 aromatic rings. The summed E-state index contributed by atoms with van der Waals surface area (Å²) < 4.78 is 0. The number of nitrogens with one attached hydrogen (secondary N) is 1. The quantitative estimate of drug-likeness (QED) is 0.788. The summed E-state index contributed by atoms with van der Waals surface area (Å²) in [6, 6.07) is 0.723. The fourth-order valence-electron chi connectivity index (χ4n) is 4.52. The smallest absolute Gasteiger partial charge is 0.229 e. The maximum Gasteiger partial charge on any atom is 0.229 e. The lowest BCUT2D eigenvalue weighted by Crippen LogP contribution is -2.53. The van der Waals surface area contributed by atoms with Gasteiger partial charge in [-0.1, -0.05) is 12.8 Å². The molecule has 4 heteroatoms. The first-order valence-electron chi connectivity index (χ1n) is 8.16. The van der Waals surface area contributed by atoms with Crippen LogP contribution in [0.3, 0.4) is 0 Å². The molecule has 1 spiro atoms. The summed E-state index contributed by atoms with van der Waals surface area (Å²) in [5.41, 5.74) is 0.0346. The minimum atomic E-state index is 0.0346. The van der Waals surface area contributed by atoms with Crippen LogP contribution < -0.4 is 5.32 Å². The Labute approximate surface area is 121 Å². The number of carbonyl (C=O) groups is 2. The second-order valence-corrected chi connectivity index (χ2v) is 7.01. The Balaban J connectivity index is 1.66. The molecule has 0 unspecified atom stereocenters. The second kappa shape index (κ2) is 5.47. The minimum absolute atomic E-state index is 0.0346. The molecule has 2 amide bonds. The average Bonchev–Trinajstić information content (AvgIpc) is 2.86. The lowest BCUT2D eigenvalue weighted by molar-refractivity contribution is -0.157. The average molecular weight is 278 g/mol. The number of hydrogen-bond acceptors (Lipinski definition) is 3. The van der Waals surface area contributed by atoms with Gasteiger partial charge in [-0.3, -0.25) is 14.5 Å². The monoisotopic (exact) mass is 278 g/mol. The molecule has 4 nitrogen and oxygen atoms in total. The van der Waals surface area contributed by atoms with Crippen LogP contribution in [0.5, 0.6) is 0 Å². The van der Waals surface area contributed by atoms with Gasteiger partial charge in [0.1, 0.15) is 0 Å². The minimum Gasteiger partial charge on any atom is -0.317 e. The molecule has 1 N–H and O–H groups in total. The van der Waals surface area contributed by atoms with E-state index in [0.717, 1.165) is 38.5 Å². The van der Waals surface area contributed by atoms with Gasteiger partial charge in [0.25, 0.3) is 0 Å². The Bertz CT molecular complexity index is 373. The predicted octanol–water partition coefficient (Wildman–Crippen LogP) is 2.23. The van der Waals surface area contributed by atoms with Gasteiger partial charge in [-0.05, 0) is 51.0 Å². The van der Waals surface area contributed by atoms with Crippen molar-refractivity contribution >= 4 is 11.8 Å². The number of carbonyl (C=O) groups excluding carboxylic acids is 2. The van der Waals surface area contributed by atoms with E-state index in [1.54, 1.807) is 4.90 Å². The highest BCUT2D eigenvalue weighted by Crippen LogP contribution is 2.47. The zero-order chi connectivity index (χ0) is 14.2. The molecule has 3 rings (SSSR count). The van der Waals surface area contributed by atoms with Crippen molar-refractivity contribution < 1.29 is 9.59 Å². The molecule has 0 bridgehead atoms. The van der Waals surface area contributed by atoms with Crippen LogP contribution >= 0.6 is 0 Å². The molecule has 2 aliphatic carbocycles. The van der Waals surface area contributed by atoms with Gasteiger partial charge in [-0.25, -0.2) is 0 Å². The SMILES string of the molecule is CNC1CCC(N2C(=O)CC3(CCCC3)CC2=O)CC1. The topological polar surface area (TPSA) is 49.4 Å². The van der Waals surface area contributed by atoms with Crippen molar-refractivity contribution in [3.05, 3.63) is 0 Å². The van der Waals surface area contributed by atoms with Gasteiger partial charge in [0, 0.05) is 24.9 Å². The first kappa shape index (κ1) is 14.1. The van der Waals surface area contributed by atoms with Crippen LogP contribution in [0, 0.1) is 5.41 Å². The Morgan fingerprint density at radius 3 is 2.05 bits per heavy atom. The lowest BCUT2D eigenvalue weighted by atomic mass is 9.75. The summed E-state index contributed by atoms with van der Waals surface area (Å²) in [6.45, 7) is 0. The number of nitrogens with zero attached hydrogens (tertiary/aromatic N) is 1. The van der Waals surface area contributed by atoms with Gasteiger partial charge in [0.2, 0.25) is 11.8 Å². The molecule has 1 heterocycles. The van der Waals surface area contributed by atoms with E-state index >= 15 is 0 Å². The Hall–Kier alpha value is -0.900. The molecule has 0 aromatic carbocycles. The summed E-state index contributed by atoms with van der Waals surface area (Å²) in [7, 11) is 1.99. The van der Waals surface area contributed by atoms with Crippen LogP contribution in [0.4, 0.5) is 0 Å². The predicted molar refractivity (Wildman–Crippen MR) is 77.1 cm³/mol. The van der Waals surface area contributed by atoms with Crippen molar-refractivity contribution in [1.29, 1.82) is 0 Å². The van der Waals surface area contributed by atoms with E-state index < -0.39 is 0 Å². The van der Waals surface area contributed by atoms with E-state index in [9.17, 15) is 9.59 Å². The Morgan fingerprint density at radius 2 is 1.55 bits per heavy atom. The van der Waals surface area contributed by atoms with Gasteiger partial charge in [-0.15, -0.1) is 0 Å². The van der Waals surface area contributed by atoms with E-state index in [4.69, 9.17) is 0 Å². The molecule has 0 atom stereocenters. The summed E-state index contributed by atoms with van der Waals surface area (Å²) in [5, 5.41) is 3.30. The van der Waals surface area contributed by atoms with Crippen LogP contribution in [-0.4, -0.2) is 35.8 Å². The van der Waals surface area contributed by atoms with Crippen LogP contribution in [-0.2, 0) is 9.59 Å². The van der Waals surface area contributed by atoms with Gasteiger partial charge in [-0.2, -0.15) is 0 Å². The number of hydrogen-bond donors (Lipinski definition) is 1. The normalized spacial score (nSPS) is 34.0. The summed E-state index contributed by atoms with van der Waals surface area (Å²) >= 11 is 0. The molecule has 0 radical (unpaired) electrons. The summed E-state index contributed by atoms with van der Waals surface area (Å²) in [4.78, 5) is 26.6. The van der Waals surface area contributed by atoms with E-state index in [1.807, 2.05) is 7.05 Å². The molecule has 112 valence electrons.